The summed E-state index contributed by atoms with van der Waals surface area (Å²) in [5.41, 5.74) is 0.788. The van der Waals surface area contributed by atoms with E-state index in [1.165, 1.54) is 17.8 Å². The molecule has 1 aliphatic heterocycles. The van der Waals surface area contributed by atoms with Gasteiger partial charge in [-0.25, -0.2) is 0 Å². The van der Waals surface area contributed by atoms with E-state index in [1.54, 1.807) is 0 Å². The second kappa shape index (κ2) is 6.13. The molecule has 2 rings (SSSR count). The van der Waals surface area contributed by atoms with Crippen molar-refractivity contribution in [2.45, 2.75) is 31.7 Å². The van der Waals surface area contributed by atoms with Gasteiger partial charge in [-0.05, 0) is 25.0 Å². The maximum atomic E-state index is 11.9. The second-order valence-corrected chi connectivity index (χ2v) is 6.19. The Morgan fingerprint density at radius 3 is 2.70 bits per heavy atom. The van der Waals surface area contributed by atoms with Crippen LogP contribution in [-0.4, -0.2) is 17.9 Å². The van der Waals surface area contributed by atoms with Gasteiger partial charge in [0.1, 0.15) is 0 Å². The van der Waals surface area contributed by atoms with Gasteiger partial charge in [0, 0.05) is 17.0 Å². The Kier molecular flexibility index (Phi) is 4.49. The van der Waals surface area contributed by atoms with Crippen LogP contribution in [0.5, 0.6) is 0 Å². The van der Waals surface area contributed by atoms with E-state index in [4.69, 9.17) is 0 Å². The molecule has 1 aliphatic rings. The topological polar surface area (TPSA) is 58.2 Å². The first-order valence-electron chi connectivity index (χ1n) is 6.58. The van der Waals surface area contributed by atoms with Gasteiger partial charge in [-0.1, -0.05) is 37.7 Å². The number of para-hydroxylation sites is 1. The van der Waals surface area contributed by atoms with E-state index >= 15 is 0 Å². The Bertz CT molecular complexity index is 567. The molecule has 0 saturated carbocycles. The highest BCUT2D eigenvalue weighted by Gasteiger charge is 2.21. The Hall–Kier alpha value is -1.75. The third-order valence-electron chi connectivity index (χ3n) is 3.21. The van der Waals surface area contributed by atoms with Crippen molar-refractivity contribution in [1.29, 1.82) is 0 Å². The fraction of sp³-hybridized carbons (Fsp3) is 0.333. The van der Waals surface area contributed by atoms with Crippen molar-refractivity contribution >= 4 is 29.3 Å². The van der Waals surface area contributed by atoms with Crippen LogP contribution in [0.4, 0.5) is 5.69 Å². The summed E-state index contributed by atoms with van der Waals surface area (Å²) >= 11 is 1.32. The van der Waals surface area contributed by atoms with Crippen LogP contribution in [0.15, 0.2) is 40.1 Å². The average molecular weight is 290 g/mol. The third-order valence-corrected chi connectivity index (χ3v) is 4.31. The number of fused-ring (bicyclic) bond motifs is 1. The molecule has 0 radical (unpaired) electrons. The minimum Gasteiger partial charge on any atom is -0.350 e. The molecule has 5 heteroatoms. The predicted octanol–water partition coefficient (Wildman–Crippen LogP) is 2.78. The first kappa shape index (κ1) is 14.7. The highest BCUT2D eigenvalue weighted by atomic mass is 32.2. The van der Waals surface area contributed by atoms with Crippen molar-refractivity contribution in [2.24, 2.45) is 5.92 Å². The van der Waals surface area contributed by atoms with Gasteiger partial charge in [0.15, 0.2) is 0 Å². The summed E-state index contributed by atoms with van der Waals surface area (Å²) in [5.74, 6) is -0.116. The molecule has 2 amide bonds. The summed E-state index contributed by atoms with van der Waals surface area (Å²) in [6.07, 6.45) is 1.37. The first-order valence-corrected chi connectivity index (χ1v) is 7.39. The van der Waals surface area contributed by atoms with Crippen molar-refractivity contribution in [3.05, 3.63) is 35.2 Å². The molecular formula is C15H18N2O2S. The molecule has 2 N–H and O–H groups in total. The molecule has 0 aliphatic carbocycles. The molecular weight excluding hydrogens is 272 g/mol. The molecule has 0 fully saturated rings. The molecule has 1 aromatic rings. The molecule has 0 unspecified atom stereocenters. The minimum atomic E-state index is -0.235. The van der Waals surface area contributed by atoms with Gasteiger partial charge in [-0.2, -0.15) is 0 Å². The zero-order valence-electron chi connectivity index (χ0n) is 11.8. The second-order valence-electron chi connectivity index (χ2n) is 5.10. The number of carbonyl (C=O) groups excluding carboxylic acids is 2. The van der Waals surface area contributed by atoms with Gasteiger partial charge in [0.05, 0.1) is 10.6 Å². The summed E-state index contributed by atoms with van der Waals surface area (Å²) in [6.45, 7) is 6.03. The van der Waals surface area contributed by atoms with E-state index in [-0.39, 0.29) is 17.9 Å². The maximum Gasteiger partial charge on any atom is 0.262 e. The summed E-state index contributed by atoms with van der Waals surface area (Å²) in [4.78, 5) is 25.2. The van der Waals surface area contributed by atoms with E-state index in [9.17, 15) is 9.59 Å². The minimum absolute atomic E-state index is 0.0725. The largest absolute Gasteiger partial charge is 0.350 e. The Labute approximate surface area is 123 Å². The van der Waals surface area contributed by atoms with Crippen LogP contribution in [-0.2, 0) is 9.59 Å². The highest BCUT2D eigenvalue weighted by Crippen LogP contribution is 2.37. The Morgan fingerprint density at radius 1 is 1.30 bits per heavy atom. The van der Waals surface area contributed by atoms with Crippen LogP contribution in [0.25, 0.3) is 0 Å². The zero-order valence-corrected chi connectivity index (χ0v) is 12.6. The van der Waals surface area contributed by atoms with Gasteiger partial charge >= 0.3 is 0 Å². The molecule has 0 bridgehead atoms. The van der Waals surface area contributed by atoms with Crippen LogP contribution in [0.1, 0.15) is 20.8 Å². The number of benzene rings is 1. The number of rotatable bonds is 3. The van der Waals surface area contributed by atoms with Gasteiger partial charge in [0.25, 0.3) is 5.91 Å². The molecule has 20 heavy (non-hydrogen) atoms. The third kappa shape index (κ3) is 3.42. The van der Waals surface area contributed by atoms with Crippen LogP contribution < -0.4 is 10.6 Å². The Balaban J connectivity index is 2.11. The van der Waals surface area contributed by atoms with E-state index in [0.717, 1.165) is 10.6 Å². The van der Waals surface area contributed by atoms with Crippen molar-refractivity contribution in [1.82, 2.24) is 5.32 Å². The molecule has 0 spiro atoms. The fourth-order valence-corrected chi connectivity index (χ4v) is 2.58. The van der Waals surface area contributed by atoms with Crippen molar-refractivity contribution < 1.29 is 9.59 Å². The first-order chi connectivity index (χ1) is 9.47. The van der Waals surface area contributed by atoms with E-state index in [1.807, 2.05) is 45.0 Å². The molecule has 106 valence electrons. The lowest BCUT2D eigenvalue weighted by Gasteiger charge is -2.19. The maximum absolute atomic E-state index is 11.9. The fourth-order valence-electron chi connectivity index (χ4n) is 1.65. The summed E-state index contributed by atoms with van der Waals surface area (Å²) in [6, 6.07) is 7.61. The normalized spacial score (nSPS) is 17.6. The van der Waals surface area contributed by atoms with Crippen molar-refractivity contribution in [2.75, 3.05) is 5.32 Å². The number of carbonyl (C=O) groups is 2. The molecule has 4 nitrogen and oxygen atoms in total. The smallest absolute Gasteiger partial charge is 0.262 e. The van der Waals surface area contributed by atoms with Gasteiger partial charge in [-0.15, -0.1) is 0 Å². The van der Waals surface area contributed by atoms with Gasteiger partial charge in [-0.3, -0.25) is 9.59 Å². The van der Waals surface area contributed by atoms with Crippen LogP contribution in [0.3, 0.4) is 0 Å². The summed E-state index contributed by atoms with van der Waals surface area (Å²) in [7, 11) is 0. The van der Waals surface area contributed by atoms with Crippen LogP contribution in [0.2, 0.25) is 0 Å². The number of anilines is 1. The van der Waals surface area contributed by atoms with Crippen molar-refractivity contribution in [3.8, 4) is 0 Å². The average Bonchev–Trinajstić information content (AvgIpc) is 2.39. The molecule has 0 aromatic heterocycles. The molecule has 1 heterocycles. The molecule has 0 saturated heterocycles. The monoisotopic (exact) mass is 290 g/mol. The standard InChI is InChI=1S/C15H18N2O2S/c1-9(2)10(3)16-14(18)8-13-15(19)17-11-6-4-5-7-12(11)20-13/h4-10H,1-3H3,(H,16,18)(H,17,19)/b13-8-/t10-/m0/s1. The van der Waals surface area contributed by atoms with Gasteiger partial charge < -0.3 is 10.6 Å². The van der Waals surface area contributed by atoms with Crippen LogP contribution in [0, 0.1) is 5.92 Å². The number of nitrogens with one attached hydrogen (secondary N) is 2. The SMILES string of the molecule is CC(C)[C@H](C)NC(=O)/C=C1\Sc2ccccc2NC1=O. The number of hydrogen-bond donors (Lipinski definition) is 2. The van der Waals surface area contributed by atoms with Crippen LogP contribution >= 0.6 is 11.8 Å². The lowest BCUT2D eigenvalue weighted by molar-refractivity contribution is -0.118. The lowest BCUT2D eigenvalue weighted by atomic mass is 10.1. The van der Waals surface area contributed by atoms with E-state index in [0.29, 0.717) is 10.8 Å². The summed E-state index contributed by atoms with van der Waals surface area (Å²) < 4.78 is 0. The zero-order chi connectivity index (χ0) is 14.7. The lowest BCUT2D eigenvalue weighted by Crippen LogP contribution is -2.35. The quantitative estimate of drug-likeness (QED) is 0.842. The number of hydrogen-bond acceptors (Lipinski definition) is 3. The summed E-state index contributed by atoms with van der Waals surface area (Å²) in [5, 5.41) is 5.65. The van der Waals surface area contributed by atoms with E-state index in [2.05, 4.69) is 10.6 Å². The highest BCUT2D eigenvalue weighted by molar-refractivity contribution is 8.04. The Morgan fingerprint density at radius 2 is 2.00 bits per heavy atom. The number of amides is 2. The molecule has 1 atom stereocenters. The van der Waals surface area contributed by atoms with Crippen molar-refractivity contribution in [3.63, 3.8) is 0 Å². The van der Waals surface area contributed by atoms with E-state index < -0.39 is 0 Å². The predicted molar refractivity (Wildman–Crippen MR) is 81.5 cm³/mol. The number of thioether (sulfide) groups is 1. The van der Waals surface area contributed by atoms with Gasteiger partial charge in [0.2, 0.25) is 5.91 Å². The molecule has 1 aromatic carbocycles.